The zero-order chi connectivity index (χ0) is 15.8. The van der Waals surface area contributed by atoms with Gasteiger partial charge in [-0.3, -0.25) is 4.79 Å². The fourth-order valence-corrected chi connectivity index (χ4v) is 1.92. The summed E-state index contributed by atoms with van der Waals surface area (Å²) in [6.07, 6.45) is 19.2. The van der Waals surface area contributed by atoms with Crippen LogP contribution in [0, 0.1) is 0 Å². The molecule has 0 aromatic heterocycles. The van der Waals surface area contributed by atoms with Crippen LogP contribution in [-0.4, -0.2) is 16.2 Å². The normalized spacial score (nSPS) is 12.5. The second-order valence-electron chi connectivity index (χ2n) is 5.26. The minimum atomic E-state index is -0.697. The summed E-state index contributed by atoms with van der Waals surface area (Å²) in [4.78, 5) is 10.3. The van der Waals surface area contributed by atoms with Crippen molar-refractivity contribution in [2.45, 2.75) is 71.1 Å². The summed E-state index contributed by atoms with van der Waals surface area (Å²) in [5.74, 6) is -0.358. The van der Waals surface area contributed by atoms with Crippen LogP contribution >= 0.6 is 0 Å². The third-order valence-corrected chi connectivity index (χ3v) is 3.19. The lowest BCUT2D eigenvalue weighted by Crippen LogP contribution is -1.93. The summed E-state index contributed by atoms with van der Waals surface area (Å²) in [7, 11) is 0. The lowest BCUT2D eigenvalue weighted by Gasteiger charge is -1.97. The average molecular weight is 294 g/mol. The van der Waals surface area contributed by atoms with Crippen molar-refractivity contribution < 1.29 is 15.0 Å². The first-order valence-corrected chi connectivity index (χ1v) is 8.11. The minimum Gasteiger partial charge on any atom is -0.508 e. The van der Waals surface area contributed by atoms with Gasteiger partial charge in [-0.05, 0) is 44.3 Å². The highest BCUT2D eigenvalue weighted by Gasteiger charge is 1.95. The summed E-state index contributed by atoms with van der Waals surface area (Å²) < 4.78 is 0. The van der Waals surface area contributed by atoms with Gasteiger partial charge in [-0.15, -0.1) is 0 Å². The van der Waals surface area contributed by atoms with Crippen molar-refractivity contribution in [2.75, 3.05) is 0 Å². The van der Waals surface area contributed by atoms with Crippen molar-refractivity contribution in [3.63, 3.8) is 0 Å². The maximum absolute atomic E-state index is 10.3. The van der Waals surface area contributed by atoms with E-state index in [1.807, 2.05) is 18.2 Å². The van der Waals surface area contributed by atoms with E-state index in [0.717, 1.165) is 57.8 Å². The molecule has 0 aliphatic heterocycles. The van der Waals surface area contributed by atoms with Gasteiger partial charge in [-0.1, -0.05) is 50.8 Å². The molecule has 21 heavy (non-hydrogen) atoms. The van der Waals surface area contributed by atoms with Crippen LogP contribution in [-0.2, 0) is 4.79 Å². The third-order valence-electron chi connectivity index (χ3n) is 3.19. The van der Waals surface area contributed by atoms with Gasteiger partial charge in [0.25, 0.3) is 0 Å². The lowest BCUT2D eigenvalue weighted by atomic mass is 10.1. The molecule has 0 aromatic rings. The number of aliphatic hydroxyl groups excluding tert-OH is 1. The number of hydrogen-bond donors (Lipinski definition) is 2. The summed E-state index contributed by atoms with van der Waals surface area (Å²) >= 11 is 0. The lowest BCUT2D eigenvalue weighted by molar-refractivity contribution is -0.137. The molecule has 0 heterocycles. The van der Waals surface area contributed by atoms with Crippen LogP contribution in [0.5, 0.6) is 0 Å². The molecule has 0 unspecified atom stereocenters. The highest BCUT2D eigenvalue weighted by atomic mass is 16.4. The second kappa shape index (κ2) is 14.9. The predicted octanol–water partition coefficient (Wildman–Crippen LogP) is 5.55. The molecular weight excluding hydrogens is 264 g/mol. The molecule has 3 heteroatoms. The molecule has 0 amide bonds. The Labute approximate surface area is 129 Å². The molecule has 0 rings (SSSR count). The van der Waals surface area contributed by atoms with Gasteiger partial charge in [0, 0.05) is 6.42 Å². The molecule has 0 bridgehead atoms. The molecule has 0 aromatic carbocycles. The number of carboxylic acids is 1. The van der Waals surface area contributed by atoms with Gasteiger partial charge in [0.1, 0.15) is 5.76 Å². The van der Waals surface area contributed by atoms with Gasteiger partial charge in [0.2, 0.25) is 0 Å². The molecule has 0 saturated heterocycles. The number of aliphatic carboxylic acids is 1. The van der Waals surface area contributed by atoms with Crippen molar-refractivity contribution in [1.82, 2.24) is 0 Å². The van der Waals surface area contributed by atoms with Crippen molar-refractivity contribution >= 4 is 5.97 Å². The van der Waals surface area contributed by atoms with Gasteiger partial charge >= 0.3 is 5.97 Å². The van der Waals surface area contributed by atoms with Crippen LogP contribution in [0.4, 0.5) is 0 Å². The van der Waals surface area contributed by atoms with Crippen LogP contribution in [0.1, 0.15) is 71.1 Å². The van der Waals surface area contributed by atoms with E-state index in [2.05, 4.69) is 13.0 Å². The predicted molar refractivity (Wildman–Crippen MR) is 88.5 cm³/mol. The number of rotatable bonds is 13. The first-order valence-electron chi connectivity index (χ1n) is 8.11. The Morgan fingerprint density at radius 3 is 2.33 bits per heavy atom. The van der Waals surface area contributed by atoms with Crippen molar-refractivity contribution in [3.05, 3.63) is 36.1 Å². The highest BCUT2D eigenvalue weighted by Crippen LogP contribution is 2.07. The van der Waals surface area contributed by atoms with Crippen molar-refractivity contribution in [2.24, 2.45) is 0 Å². The molecule has 2 N–H and O–H groups in total. The van der Waals surface area contributed by atoms with E-state index < -0.39 is 5.97 Å². The number of carbonyl (C=O) groups is 1. The monoisotopic (exact) mass is 294 g/mol. The van der Waals surface area contributed by atoms with Crippen molar-refractivity contribution in [3.8, 4) is 0 Å². The smallest absolute Gasteiger partial charge is 0.303 e. The Morgan fingerprint density at radius 2 is 1.62 bits per heavy atom. The van der Waals surface area contributed by atoms with E-state index in [1.165, 1.54) is 0 Å². The van der Waals surface area contributed by atoms with Crippen LogP contribution in [0.3, 0.4) is 0 Å². The van der Waals surface area contributed by atoms with E-state index in [1.54, 1.807) is 6.08 Å². The largest absolute Gasteiger partial charge is 0.508 e. The van der Waals surface area contributed by atoms with Crippen LogP contribution in [0.25, 0.3) is 0 Å². The maximum atomic E-state index is 10.3. The molecule has 0 aliphatic rings. The molecular formula is C18H30O3. The van der Waals surface area contributed by atoms with Crippen LogP contribution < -0.4 is 0 Å². The van der Waals surface area contributed by atoms with Crippen molar-refractivity contribution in [1.29, 1.82) is 0 Å². The first-order chi connectivity index (χ1) is 10.2. The Balaban J connectivity index is 3.47. The van der Waals surface area contributed by atoms with E-state index in [-0.39, 0.29) is 0 Å². The fourth-order valence-electron chi connectivity index (χ4n) is 1.92. The zero-order valence-electron chi connectivity index (χ0n) is 13.3. The number of unbranched alkanes of at least 4 members (excludes halogenated alkanes) is 7. The summed E-state index contributed by atoms with van der Waals surface area (Å²) in [5, 5.41) is 18.0. The summed E-state index contributed by atoms with van der Waals surface area (Å²) in [5.41, 5.74) is 0. The van der Waals surface area contributed by atoms with Gasteiger partial charge in [-0.25, -0.2) is 0 Å². The molecule has 3 nitrogen and oxygen atoms in total. The van der Waals surface area contributed by atoms with Gasteiger partial charge in [-0.2, -0.15) is 0 Å². The topological polar surface area (TPSA) is 57.5 Å². The maximum Gasteiger partial charge on any atom is 0.303 e. The quantitative estimate of drug-likeness (QED) is 0.266. The van der Waals surface area contributed by atoms with Crippen LogP contribution in [0.15, 0.2) is 36.1 Å². The summed E-state index contributed by atoms with van der Waals surface area (Å²) in [6.45, 7) is 2.13. The highest BCUT2D eigenvalue weighted by molar-refractivity contribution is 5.66. The minimum absolute atomic E-state index is 0.292. The summed E-state index contributed by atoms with van der Waals surface area (Å²) in [6, 6.07) is 0. The second-order valence-corrected chi connectivity index (χ2v) is 5.26. The molecule has 0 radical (unpaired) electrons. The molecule has 120 valence electrons. The Hall–Kier alpha value is -1.51. The number of aliphatic hydroxyl groups is 1. The van der Waals surface area contributed by atoms with Gasteiger partial charge in [0.15, 0.2) is 0 Å². The number of allylic oxidation sites excluding steroid dienone is 5. The van der Waals surface area contributed by atoms with E-state index >= 15 is 0 Å². The fraction of sp³-hybridized carbons (Fsp3) is 0.611. The molecule has 0 atom stereocenters. The Kier molecular flexibility index (Phi) is 13.8. The third kappa shape index (κ3) is 16.4. The molecule has 0 saturated carbocycles. The van der Waals surface area contributed by atoms with Crippen LogP contribution in [0.2, 0.25) is 0 Å². The van der Waals surface area contributed by atoms with Gasteiger partial charge in [0.05, 0.1) is 0 Å². The average Bonchev–Trinajstić information content (AvgIpc) is 2.44. The Bertz CT molecular complexity index is 340. The van der Waals surface area contributed by atoms with Gasteiger partial charge < -0.3 is 10.2 Å². The van der Waals surface area contributed by atoms with E-state index in [0.29, 0.717) is 12.2 Å². The SMILES string of the molecule is CCCCC=C(O)C=CC=CCCCCCCCC(=O)O. The van der Waals surface area contributed by atoms with E-state index in [9.17, 15) is 9.90 Å². The molecule has 0 fully saturated rings. The number of carboxylic acid groups (broad SMARTS) is 1. The zero-order valence-corrected chi connectivity index (χ0v) is 13.3. The molecule has 0 aliphatic carbocycles. The van der Waals surface area contributed by atoms with E-state index in [4.69, 9.17) is 5.11 Å². The molecule has 0 spiro atoms. The first kappa shape index (κ1) is 19.5. The number of hydrogen-bond acceptors (Lipinski definition) is 2. The Morgan fingerprint density at radius 1 is 0.905 bits per heavy atom. The standard InChI is InChI=1S/C18H30O3/c1-2-3-11-14-17(19)15-12-9-7-5-4-6-8-10-13-16-18(20)21/h7,9,12,14-15,19H,2-6,8,10-11,13,16H2,1H3,(H,20,21).